The van der Waals surface area contributed by atoms with E-state index >= 15 is 0 Å². The Kier molecular flexibility index (Phi) is 4.34. The summed E-state index contributed by atoms with van der Waals surface area (Å²) in [5, 5.41) is 9.37. The molecule has 0 amide bonds. The summed E-state index contributed by atoms with van der Waals surface area (Å²) >= 11 is 15.4. The van der Waals surface area contributed by atoms with Gasteiger partial charge in [-0.3, -0.25) is 0 Å². The SMILES string of the molecule is O=C(O)/C=C/c1cc(Br)c(-c2cccc(Cl)c2Cl)o1. The van der Waals surface area contributed by atoms with Gasteiger partial charge in [0.1, 0.15) is 5.76 Å². The van der Waals surface area contributed by atoms with Crippen molar-refractivity contribution in [3.05, 3.63) is 50.6 Å². The Morgan fingerprint density at radius 2 is 2.11 bits per heavy atom. The van der Waals surface area contributed by atoms with Gasteiger partial charge in [0.15, 0.2) is 5.76 Å². The summed E-state index contributed by atoms with van der Waals surface area (Å²) in [6, 6.07) is 6.86. The molecule has 0 aliphatic rings. The van der Waals surface area contributed by atoms with E-state index in [-0.39, 0.29) is 0 Å². The Morgan fingerprint density at radius 3 is 2.79 bits per heavy atom. The van der Waals surface area contributed by atoms with Crippen LogP contribution in [-0.2, 0) is 4.79 Å². The Bertz CT molecular complexity index is 662. The van der Waals surface area contributed by atoms with E-state index in [1.165, 1.54) is 6.08 Å². The highest BCUT2D eigenvalue weighted by atomic mass is 79.9. The second-order valence-corrected chi connectivity index (χ2v) is 5.24. The van der Waals surface area contributed by atoms with Gasteiger partial charge in [0, 0.05) is 11.6 Å². The highest BCUT2D eigenvalue weighted by Crippen LogP contribution is 2.38. The van der Waals surface area contributed by atoms with Crippen molar-refractivity contribution >= 4 is 51.2 Å². The summed E-state index contributed by atoms with van der Waals surface area (Å²) in [6.07, 6.45) is 2.35. The number of furan rings is 1. The van der Waals surface area contributed by atoms with Crippen molar-refractivity contribution in [3.63, 3.8) is 0 Å². The molecule has 0 aliphatic heterocycles. The van der Waals surface area contributed by atoms with Crippen LogP contribution in [0.4, 0.5) is 0 Å². The van der Waals surface area contributed by atoms with Crippen LogP contribution < -0.4 is 0 Å². The predicted octanol–water partition coefficient (Wildman–Crippen LogP) is 5.11. The summed E-state index contributed by atoms with van der Waals surface area (Å²) in [5.74, 6) is -0.146. The Labute approximate surface area is 127 Å². The van der Waals surface area contributed by atoms with E-state index in [1.54, 1.807) is 24.3 Å². The van der Waals surface area contributed by atoms with Crippen LogP contribution in [0.3, 0.4) is 0 Å². The summed E-state index contributed by atoms with van der Waals surface area (Å²) < 4.78 is 6.21. The first-order valence-electron chi connectivity index (χ1n) is 5.13. The third kappa shape index (κ3) is 3.21. The van der Waals surface area contributed by atoms with Crippen molar-refractivity contribution < 1.29 is 14.3 Å². The first-order valence-corrected chi connectivity index (χ1v) is 6.68. The van der Waals surface area contributed by atoms with Crippen LogP contribution in [0.1, 0.15) is 5.76 Å². The molecule has 1 aromatic carbocycles. The standard InChI is InChI=1S/C13H7BrCl2O3/c14-9-6-7(4-5-11(17)18)19-13(9)8-2-1-3-10(15)12(8)16/h1-6H,(H,17,18)/b5-4+. The van der Waals surface area contributed by atoms with E-state index in [0.29, 0.717) is 31.6 Å². The monoisotopic (exact) mass is 360 g/mol. The fourth-order valence-electron chi connectivity index (χ4n) is 1.48. The summed E-state index contributed by atoms with van der Waals surface area (Å²) in [4.78, 5) is 10.5. The number of carbonyl (C=O) groups is 1. The zero-order chi connectivity index (χ0) is 14.0. The van der Waals surface area contributed by atoms with Gasteiger partial charge in [-0.2, -0.15) is 0 Å². The van der Waals surface area contributed by atoms with E-state index < -0.39 is 5.97 Å². The van der Waals surface area contributed by atoms with Gasteiger partial charge >= 0.3 is 5.97 Å². The molecular weight excluding hydrogens is 355 g/mol. The first-order chi connectivity index (χ1) is 8.99. The van der Waals surface area contributed by atoms with Crippen LogP contribution in [0.2, 0.25) is 10.0 Å². The lowest BCUT2D eigenvalue weighted by molar-refractivity contribution is -0.131. The Hall–Kier alpha value is -1.23. The van der Waals surface area contributed by atoms with E-state index in [9.17, 15) is 4.79 Å². The van der Waals surface area contributed by atoms with Gasteiger partial charge in [0.05, 0.1) is 14.5 Å². The van der Waals surface area contributed by atoms with Gasteiger partial charge in [-0.25, -0.2) is 4.79 Å². The number of rotatable bonds is 3. The van der Waals surface area contributed by atoms with Crippen LogP contribution in [0.15, 0.2) is 39.2 Å². The molecule has 0 radical (unpaired) electrons. The molecule has 0 bridgehead atoms. The predicted molar refractivity (Wildman–Crippen MR) is 78.5 cm³/mol. The van der Waals surface area contributed by atoms with Crippen molar-refractivity contribution in [3.8, 4) is 11.3 Å². The molecule has 1 N–H and O–H groups in total. The van der Waals surface area contributed by atoms with Gasteiger partial charge in [0.25, 0.3) is 0 Å². The molecule has 2 rings (SSSR count). The zero-order valence-corrected chi connectivity index (χ0v) is 12.5. The Balaban J connectivity index is 2.46. The van der Waals surface area contributed by atoms with Crippen molar-refractivity contribution in [1.29, 1.82) is 0 Å². The maximum atomic E-state index is 10.5. The molecule has 98 valence electrons. The molecule has 2 aromatic rings. The van der Waals surface area contributed by atoms with E-state index in [2.05, 4.69) is 15.9 Å². The molecule has 1 aromatic heterocycles. The molecule has 0 atom stereocenters. The van der Waals surface area contributed by atoms with E-state index in [4.69, 9.17) is 32.7 Å². The van der Waals surface area contributed by atoms with Crippen molar-refractivity contribution in [2.24, 2.45) is 0 Å². The molecule has 19 heavy (non-hydrogen) atoms. The molecule has 0 unspecified atom stereocenters. The highest BCUT2D eigenvalue weighted by Gasteiger charge is 2.14. The molecule has 6 heteroatoms. The van der Waals surface area contributed by atoms with Crippen molar-refractivity contribution in [2.45, 2.75) is 0 Å². The fraction of sp³-hybridized carbons (Fsp3) is 0. The Morgan fingerprint density at radius 1 is 1.37 bits per heavy atom. The van der Waals surface area contributed by atoms with Crippen molar-refractivity contribution in [2.75, 3.05) is 0 Å². The van der Waals surface area contributed by atoms with Crippen LogP contribution in [0, 0.1) is 0 Å². The molecule has 0 aliphatic carbocycles. The molecule has 0 spiro atoms. The molecule has 3 nitrogen and oxygen atoms in total. The van der Waals surface area contributed by atoms with Crippen molar-refractivity contribution in [1.82, 2.24) is 0 Å². The summed E-state index contributed by atoms with van der Waals surface area (Å²) in [7, 11) is 0. The lowest BCUT2D eigenvalue weighted by Gasteiger charge is -2.03. The minimum Gasteiger partial charge on any atom is -0.478 e. The number of carboxylic acid groups (broad SMARTS) is 1. The average molecular weight is 362 g/mol. The number of hydrogen-bond donors (Lipinski definition) is 1. The number of aliphatic carboxylic acids is 1. The minimum atomic E-state index is -1.05. The second kappa shape index (κ2) is 5.82. The van der Waals surface area contributed by atoms with E-state index in [1.807, 2.05) is 0 Å². The third-order valence-corrected chi connectivity index (χ3v) is 3.70. The average Bonchev–Trinajstić information content (AvgIpc) is 2.71. The van der Waals surface area contributed by atoms with Gasteiger partial charge in [-0.05, 0) is 40.2 Å². The van der Waals surface area contributed by atoms with Gasteiger partial charge < -0.3 is 9.52 Å². The normalized spacial score (nSPS) is 11.1. The fourth-order valence-corrected chi connectivity index (χ4v) is 2.39. The molecule has 1 heterocycles. The van der Waals surface area contributed by atoms with Gasteiger partial charge in [-0.15, -0.1) is 0 Å². The third-order valence-electron chi connectivity index (χ3n) is 2.29. The molecule has 0 saturated carbocycles. The quantitative estimate of drug-likeness (QED) is 0.772. The maximum Gasteiger partial charge on any atom is 0.328 e. The number of hydrogen-bond acceptors (Lipinski definition) is 2. The number of carboxylic acids is 1. The largest absolute Gasteiger partial charge is 0.478 e. The van der Waals surface area contributed by atoms with Crippen LogP contribution in [0.25, 0.3) is 17.4 Å². The number of benzene rings is 1. The maximum absolute atomic E-state index is 10.5. The minimum absolute atomic E-state index is 0.382. The second-order valence-electron chi connectivity index (χ2n) is 3.60. The summed E-state index contributed by atoms with van der Waals surface area (Å²) in [5.41, 5.74) is 0.635. The highest BCUT2D eigenvalue weighted by molar-refractivity contribution is 9.10. The van der Waals surface area contributed by atoms with Crippen LogP contribution in [-0.4, -0.2) is 11.1 Å². The number of halogens is 3. The van der Waals surface area contributed by atoms with E-state index in [0.717, 1.165) is 6.08 Å². The lowest BCUT2D eigenvalue weighted by Crippen LogP contribution is -1.84. The lowest BCUT2D eigenvalue weighted by atomic mass is 10.2. The van der Waals surface area contributed by atoms with Crippen LogP contribution >= 0.6 is 39.1 Å². The smallest absolute Gasteiger partial charge is 0.328 e. The van der Waals surface area contributed by atoms with Gasteiger partial charge in [-0.1, -0.05) is 29.3 Å². The molecule has 0 saturated heterocycles. The topological polar surface area (TPSA) is 50.4 Å². The zero-order valence-electron chi connectivity index (χ0n) is 9.36. The molecular formula is C13H7BrCl2O3. The van der Waals surface area contributed by atoms with Crippen LogP contribution in [0.5, 0.6) is 0 Å². The summed E-state index contributed by atoms with van der Waals surface area (Å²) in [6.45, 7) is 0. The molecule has 0 fully saturated rings. The first kappa shape index (κ1) is 14.2. The van der Waals surface area contributed by atoms with Gasteiger partial charge in [0.2, 0.25) is 0 Å².